The number of carbonyl (C=O) groups is 1. The molecule has 2 aromatic heterocycles. The number of benzene rings is 2. The van der Waals surface area contributed by atoms with Crippen molar-refractivity contribution in [2.24, 2.45) is 0 Å². The van der Waals surface area contributed by atoms with Gasteiger partial charge in [-0.15, -0.1) is 0 Å². The number of aromatic nitrogens is 4. The molecule has 7 nitrogen and oxygen atoms in total. The minimum atomic E-state index is -0.103. The largest absolute Gasteiger partial charge is 0.368 e. The molecule has 0 radical (unpaired) electrons. The van der Waals surface area contributed by atoms with Crippen LogP contribution in [-0.2, 0) is 0 Å². The summed E-state index contributed by atoms with van der Waals surface area (Å²) in [6.45, 7) is 6.71. The summed E-state index contributed by atoms with van der Waals surface area (Å²) in [6.07, 6.45) is 0. The van der Waals surface area contributed by atoms with Crippen molar-refractivity contribution in [2.75, 3.05) is 18.4 Å². The molecular weight excluding hydrogens is 412 g/mol. The van der Waals surface area contributed by atoms with Gasteiger partial charge in [0.2, 0.25) is 0 Å². The first-order valence-corrected chi connectivity index (χ1v) is 10.4. The molecular formula is C23H23ClN6O. The van der Waals surface area contributed by atoms with Crippen LogP contribution in [0.1, 0.15) is 27.4 Å². The van der Waals surface area contributed by atoms with E-state index >= 15 is 0 Å². The SMILES string of the molecule is Cc1ccc(C(=O)NCCNc2nc(C)nc3c2c(C)nn3-c2ccccc2Cl)cc1. The highest BCUT2D eigenvalue weighted by atomic mass is 35.5. The lowest BCUT2D eigenvalue weighted by molar-refractivity contribution is 0.0955. The molecule has 2 N–H and O–H groups in total. The molecule has 31 heavy (non-hydrogen) atoms. The first-order valence-electron chi connectivity index (χ1n) is 10.0. The Balaban J connectivity index is 1.52. The summed E-state index contributed by atoms with van der Waals surface area (Å²) in [6, 6.07) is 15.0. The van der Waals surface area contributed by atoms with E-state index in [1.807, 2.05) is 69.3 Å². The molecule has 158 valence electrons. The number of halogens is 1. The van der Waals surface area contributed by atoms with Gasteiger partial charge in [-0.25, -0.2) is 14.6 Å². The van der Waals surface area contributed by atoms with Crippen molar-refractivity contribution in [1.29, 1.82) is 0 Å². The predicted molar refractivity (Wildman–Crippen MR) is 123 cm³/mol. The molecule has 0 saturated heterocycles. The van der Waals surface area contributed by atoms with Gasteiger partial charge in [0.25, 0.3) is 5.91 Å². The van der Waals surface area contributed by atoms with Crippen LogP contribution in [0.15, 0.2) is 48.5 Å². The first-order chi connectivity index (χ1) is 14.9. The van der Waals surface area contributed by atoms with Gasteiger partial charge in [-0.05, 0) is 45.0 Å². The van der Waals surface area contributed by atoms with Gasteiger partial charge < -0.3 is 10.6 Å². The van der Waals surface area contributed by atoms with Crippen LogP contribution in [0.25, 0.3) is 16.7 Å². The van der Waals surface area contributed by atoms with E-state index in [-0.39, 0.29) is 5.91 Å². The maximum Gasteiger partial charge on any atom is 0.251 e. The fraction of sp³-hybridized carbons (Fsp3) is 0.217. The zero-order valence-corrected chi connectivity index (χ0v) is 18.4. The highest BCUT2D eigenvalue weighted by Gasteiger charge is 2.17. The topological polar surface area (TPSA) is 84.7 Å². The van der Waals surface area contributed by atoms with Gasteiger partial charge >= 0.3 is 0 Å². The van der Waals surface area contributed by atoms with Crippen molar-refractivity contribution in [1.82, 2.24) is 25.1 Å². The Morgan fingerprint density at radius 2 is 1.74 bits per heavy atom. The number of fused-ring (bicyclic) bond motifs is 1. The third-order valence-electron chi connectivity index (χ3n) is 4.91. The standard InChI is InChI=1S/C23H23ClN6O/c1-14-8-10-17(11-9-14)23(31)26-13-12-25-21-20-15(2)29-30(22(20)28-16(3)27-21)19-7-5-4-6-18(19)24/h4-11H,12-13H2,1-3H3,(H,26,31)(H,25,27,28). The van der Waals surface area contributed by atoms with Gasteiger partial charge in [0.1, 0.15) is 11.6 Å². The van der Waals surface area contributed by atoms with Crippen LogP contribution >= 0.6 is 11.6 Å². The average Bonchev–Trinajstić information content (AvgIpc) is 3.07. The van der Waals surface area contributed by atoms with Gasteiger partial charge in [0.05, 0.1) is 21.8 Å². The van der Waals surface area contributed by atoms with Gasteiger partial charge in [-0.2, -0.15) is 5.10 Å². The summed E-state index contributed by atoms with van der Waals surface area (Å²) in [5.41, 5.74) is 4.00. The van der Waals surface area contributed by atoms with Crippen LogP contribution in [0.5, 0.6) is 0 Å². The number of para-hydroxylation sites is 1. The van der Waals surface area contributed by atoms with E-state index in [1.54, 1.807) is 4.68 Å². The van der Waals surface area contributed by atoms with Gasteiger partial charge in [-0.3, -0.25) is 4.79 Å². The fourth-order valence-corrected chi connectivity index (χ4v) is 3.59. The van der Waals surface area contributed by atoms with Crippen LogP contribution in [0.2, 0.25) is 5.02 Å². The molecule has 0 saturated carbocycles. The highest BCUT2D eigenvalue weighted by molar-refractivity contribution is 6.32. The second kappa shape index (κ2) is 8.73. The lowest BCUT2D eigenvalue weighted by atomic mass is 10.1. The van der Waals surface area contributed by atoms with Crippen molar-refractivity contribution in [3.63, 3.8) is 0 Å². The molecule has 0 spiro atoms. The Labute approximate surface area is 185 Å². The Kier molecular flexibility index (Phi) is 5.86. The third-order valence-corrected chi connectivity index (χ3v) is 5.23. The Bertz CT molecular complexity index is 1250. The Morgan fingerprint density at radius 3 is 2.48 bits per heavy atom. The van der Waals surface area contributed by atoms with Crippen LogP contribution < -0.4 is 10.6 Å². The van der Waals surface area contributed by atoms with E-state index in [0.717, 1.165) is 22.3 Å². The quantitative estimate of drug-likeness (QED) is 0.443. The molecule has 0 aliphatic heterocycles. The van der Waals surface area contributed by atoms with E-state index in [0.29, 0.717) is 41.0 Å². The summed E-state index contributed by atoms with van der Waals surface area (Å²) >= 11 is 6.38. The molecule has 2 aromatic carbocycles. The molecule has 0 aliphatic carbocycles. The Hall–Kier alpha value is -3.45. The monoisotopic (exact) mass is 434 g/mol. The summed E-state index contributed by atoms with van der Waals surface area (Å²) < 4.78 is 1.74. The highest BCUT2D eigenvalue weighted by Crippen LogP contribution is 2.28. The van der Waals surface area contributed by atoms with E-state index < -0.39 is 0 Å². The van der Waals surface area contributed by atoms with E-state index in [4.69, 9.17) is 11.6 Å². The zero-order valence-electron chi connectivity index (χ0n) is 17.6. The number of anilines is 1. The van der Waals surface area contributed by atoms with Gasteiger partial charge in [0.15, 0.2) is 5.65 Å². The average molecular weight is 435 g/mol. The van der Waals surface area contributed by atoms with E-state index in [2.05, 4.69) is 25.7 Å². The summed E-state index contributed by atoms with van der Waals surface area (Å²) in [5, 5.41) is 12.3. The number of rotatable bonds is 6. The second-order valence-electron chi connectivity index (χ2n) is 7.32. The number of hydrogen-bond acceptors (Lipinski definition) is 5. The predicted octanol–water partition coefficient (Wildman–Crippen LogP) is 4.24. The van der Waals surface area contributed by atoms with Crippen LogP contribution in [0, 0.1) is 20.8 Å². The molecule has 0 atom stereocenters. The van der Waals surface area contributed by atoms with Crippen LogP contribution in [-0.4, -0.2) is 38.7 Å². The lowest BCUT2D eigenvalue weighted by Crippen LogP contribution is -2.29. The number of nitrogens with one attached hydrogen (secondary N) is 2. The number of nitrogens with zero attached hydrogens (tertiary/aromatic N) is 4. The van der Waals surface area contributed by atoms with Crippen molar-refractivity contribution in [3.8, 4) is 5.69 Å². The summed E-state index contributed by atoms with van der Waals surface area (Å²) in [4.78, 5) is 21.4. The number of carbonyl (C=O) groups excluding carboxylic acids is 1. The molecule has 0 fully saturated rings. The third kappa shape index (κ3) is 4.36. The van der Waals surface area contributed by atoms with Crippen molar-refractivity contribution in [2.45, 2.75) is 20.8 Å². The maximum atomic E-state index is 12.3. The fourth-order valence-electron chi connectivity index (χ4n) is 3.37. The Morgan fingerprint density at radius 1 is 1.00 bits per heavy atom. The molecule has 0 aliphatic rings. The molecule has 4 rings (SSSR count). The number of aryl methyl sites for hydroxylation is 3. The molecule has 2 heterocycles. The molecule has 0 bridgehead atoms. The van der Waals surface area contributed by atoms with E-state index in [1.165, 1.54) is 0 Å². The van der Waals surface area contributed by atoms with E-state index in [9.17, 15) is 4.79 Å². The summed E-state index contributed by atoms with van der Waals surface area (Å²) in [7, 11) is 0. The van der Waals surface area contributed by atoms with Gasteiger partial charge in [0, 0.05) is 18.7 Å². The van der Waals surface area contributed by atoms with Crippen molar-refractivity contribution in [3.05, 3.63) is 76.2 Å². The molecule has 4 aromatic rings. The lowest BCUT2D eigenvalue weighted by Gasteiger charge is -2.10. The first kappa shape index (κ1) is 20.8. The second-order valence-corrected chi connectivity index (χ2v) is 7.72. The number of hydrogen-bond donors (Lipinski definition) is 2. The van der Waals surface area contributed by atoms with Gasteiger partial charge in [-0.1, -0.05) is 41.4 Å². The van der Waals surface area contributed by atoms with Crippen LogP contribution in [0.4, 0.5) is 5.82 Å². The molecule has 1 amide bonds. The minimum Gasteiger partial charge on any atom is -0.368 e. The zero-order chi connectivity index (χ0) is 22.0. The summed E-state index contributed by atoms with van der Waals surface area (Å²) in [5.74, 6) is 1.20. The number of amides is 1. The molecule has 8 heteroatoms. The smallest absolute Gasteiger partial charge is 0.251 e. The maximum absolute atomic E-state index is 12.3. The normalized spacial score (nSPS) is 11.0. The van der Waals surface area contributed by atoms with Crippen LogP contribution in [0.3, 0.4) is 0 Å². The van der Waals surface area contributed by atoms with Crippen molar-refractivity contribution >= 4 is 34.4 Å². The van der Waals surface area contributed by atoms with Crippen molar-refractivity contribution < 1.29 is 4.79 Å². The minimum absolute atomic E-state index is 0.103. The molecule has 0 unspecified atom stereocenters.